The molecule has 0 bridgehead atoms. The number of ether oxygens (including phenoxy) is 1. The summed E-state index contributed by atoms with van der Waals surface area (Å²) >= 11 is 0. The number of hydrogen-bond acceptors (Lipinski definition) is 4. The van der Waals surface area contributed by atoms with Crippen molar-refractivity contribution in [1.29, 1.82) is 0 Å². The predicted molar refractivity (Wildman–Crippen MR) is 62.5 cm³/mol. The van der Waals surface area contributed by atoms with E-state index in [9.17, 15) is 9.18 Å². The minimum Gasteiger partial charge on any atom is -0.494 e. The first-order valence-electron chi connectivity index (χ1n) is 5.08. The largest absolute Gasteiger partial charge is 0.494 e. The van der Waals surface area contributed by atoms with Gasteiger partial charge in [0, 0.05) is 11.8 Å². The Labute approximate surface area is 102 Å². The Hall–Kier alpha value is -2.50. The average molecular weight is 247 g/mol. The van der Waals surface area contributed by atoms with Crippen LogP contribution in [0, 0.1) is 5.82 Å². The van der Waals surface area contributed by atoms with E-state index in [1.807, 2.05) is 0 Å². The van der Waals surface area contributed by atoms with Crippen molar-refractivity contribution in [1.82, 2.24) is 9.97 Å². The maximum Gasteiger partial charge on any atom is 0.286 e. The molecule has 1 aromatic heterocycles. The van der Waals surface area contributed by atoms with Gasteiger partial charge in [-0.2, -0.15) is 0 Å². The number of nitrogens with zero attached hydrogens (tertiary/aromatic N) is 2. The first kappa shape index (κ1) is 12.0. The molecule has 2 rings (SSSR count). The second kappa shape index (κ2) is 4.79. The first-order valence-corrected chi connectivity index (χ1v) is 5.08. The van der Waals surface area contributed by atoms with Crippen LogP contribution in [0.4, 0.5) is 4.39 Å². The van der Waals surface area contributed by atoms with Gasteiger partial charge in [0.25, 0.3) is 5.91 Å². The van der Waals surface area contributed by atoms with Crippen LogP contribution in [-0.4, -0.2) is 23.0 Å². The summed E-state index contributed by atoms with van der Waals surface area (Å²) < 4.78 is 18.4. The third kappa shape index (κ3) is 2.27. The molecule has 0 aliphatic carbocycles. The molecule has 0 saturated heterocycles. The molecule has 0 unspecified atom stereocenters. The predicted octanol–water partition coefficient (Wildman–Crippen LogP) is 1.39. The molecule has 1 aromatic carbocycles. The van der Waals surface area contributed by atoms with Crippen molar-refractivity contribution >= 4 is 5.91 Å². The van der Waals surface area contributed by atoms with E-state index < -0.39 is 11.7 Å². The third-order valence-corrected chi connectivity index (χ3v) is 2.32. The standard InChI is InChI=1S/C12H10FN3O2/c1-18-10-3-2-7(6-8(10)13)9-4-5-15-12(16-9)11(14)17/h2-6H,1H3,(H2,14,17). The zero-order valence-corrected chi connectivity index (χ0v) is 9.55. The second-order valence-electron chi connectivity index (χ2n) is 3.48. The van der Waals surface area contributed by atoms with Gasteiger partial charge in [0.1, 0.15) is 0 Å². The van der Waals surface area contributed by atoms with Crippen molar-refractivity contribution in [3.8, 4) is 17.0 Å². The van der Waals surface area contributed by atoms with Crippen LogP contribution in [0.5, 0.6) is 5.75 Å². The molecule has 1 heterocycles. The number of amides is 1. The van der Waals surface area contributed by atoms with Crippen molar-refractivity contribution in [2.45, 2.75) is 0 Å². The number of methoxy groups -OCH3 is 1. The highest BCUT2D eigenvalue weighted by molar-refractivity contribution is 5.89. The van der Waals surface area contributed by atoms with E-state index in [0.717, 1.165) is 0 Å². The summed E-state index contributed by atoms with van der Waals surface area (Å²) in [6, 6.07) is 5.95. The minimum atomic E-state index is -0.731. The maximum atomic E-state index is 13.5. The highest BCUT2D eigenvalue weighted by Crippen LogP contribution is 2.23. The van der Waals surface area contributed by atoms with Gasteiger partial charge in [-0.15, -0.1) is 0 Å². The van der Waals surface area contributed by atoms with Gasteiger partial charge >= 0.3 is 0 Å². The van der Waals surface area contributed by atoms with Crippen LogP contribution in [0.3, 0.4) is 0 Å². The summed E-state index contributed by atoms with van der Waals surface area (Å²) in [4.78, 5) is 18.6. The zero-order valence-electron chi connectivity index (χ0n) is 9.55. The van der Waals surface area contributed by atoms with Gasteiger partial charge in [-0.05, 0) is 24.3 Å². The molecule has 6 heteroatoms. The zero-order chi connectivity index (χ0) is 13.1. The molecule has 5 nitrogen and oxygen atoms in total. The molecular weight excluding hydrogens is 237 g/mol. The number of hydrogen-bond donors (Lipinski definition) is 1. The van der Waals surface area contributed by atoms with Crippen molar-refractivity contribution in [2.24, 2.45) is 5.73 Å². The quantitative estimate of drug-likeness (QED) is 0.889. The van der Waals surface area contributed by atoms with Gasteiger partial charge in [0.2, 0.25) is 5.82 Å². The van der Waals surface area contributed by atoms with Crippen molar-refractivity contribution < 1.29 is 13.9 Å². The highest BCUT2D eigenvalue weighted by atomic mass is 19.1. The number of primary amides is 1. The molecule has 2 aromatic rings. The topological polar surface area (TPSA) is 78.1 Å². The van der Waals surface area contributed by atoms with E-state index in [-0.39, 0.29) is 11.6 Å². The number of carbonyl (C=O) groups excluding carboxylic acids is 1. The average Bonchev–Trinajstić information content (AvgIpc) is 2.38. The Balaban J connectivity index is 2.45. The number of aromatic nitrogens is 2. The van der Waals surface area contributed by atoms with Gasteiger partial charge in [-0.3, -0.25) is 4.79 Å². The van der Waals surface area contributed by atoms with E-state index in [1.165, 1.54) is 25.4 Å². The van der Waals surface area contributed by atoms with Crippen LogP contribution in [0.2, 0.25) is 0 Å². The van der Waals surface area contributed by atoms with Crippen LogP contribution in [0.15, 0.2) is 30.5 Å². The van der Waals surface area contributed by atoms with Crippen molar-refractivity contribution in [3.63, 3.8) is 0 Å². The van der Waals surface area contributed by atoms with Crippen LogP contribution >= 0.6 is 0 Å². The lowest BCUT2D eigenvalue weighted by molar-refractivity contribution is 0.0990. The highest BCUT2D eigenvalue weighted by Gasteiger charge is 2.09. The molecule has 0 atom stereocenters. The number of benzene rings is 1. The first-order chi connectivity index (χ1) is 8.61. The Morgan fingerprint density at radius 1 is 1.39 bits per heavy atom. The van der Waals surface area contributed by atoms with Crippen molar-refractivity contribution in [2.75, 3.05) is 7.11 Å². The number of rotatable bonds is 3. The fourth-order valence-corrected chi connectivity index (χ4v) is 1.46. The molecule has 18 heavy (non-hydrogen) atoms. The van der Waals surface area contributed by atoms with E-state index in [0.29, 0.717) is 11.3 Å². The summed E-state index contributed by atoms with van der Waals surface area (Å²) in [6.07, 6.45) is 1.39. The lowest BCUT2D eigenvalue weighted by Crippen LogP contribution is -2.15. The van der Waals surface area contributed by atoms with E-state index in [1.54, 1.807) is 12.1 Å². The molecule has 0 aliphatic heterocycles. The maximum absolute atomic E-state index is 13.5. The molecule has 1 amide bonds. The number of nitrogens with two attached hydrogens (primary N) is 1. The molecule has 92 valence electrons. The summed E-state index contributed by atoms with van der Waals surface area (Å²) in [6.45, 7) is 0. The Morgan fingerprint density at radius 3 is 2.78 bits per heavy atom. The van der Waals surface area contributed by atoms with Crippen LogP contribution in [-0.2, 0) is 0 Å². The molecule has 0 fully saturated rings. The lowest BCUT2D eigenvalue weighted by Gasteiger charge is -2.05. The summed E-state index contributed by atoms with van der Waals surface area (Å²) in [5.41, 5.74) is 6.01. The molecular formula is C12H10FN3O2. The smallest absolute Gasteiger partial charge is 0.286 e. The van der Waals surface area contributed by atoms with Gasteiger partial charge in [0.15, 0.2) is 11.6 Å². The monoisotopic (exact) mass is 247 g/mol. The summed E-state index contributed by atoms with van der Waals surface area (Å²) in [5.74, 6) is -1.20. The third-order valence-electron chi connectivity index (χ3n) is 2.32. The number of halogens is 1. The molecule has 2 N–H and O–H groups in total. The lowest BCUT2D eigenvalue weighted by atomic mass is 10.1. The van der Waals surface area contributed by atoms with Gasteiger partial charge in [-0.1, -0.05) is 0 Å². The Kier molecular flexibility index (Phi) is 3.18. The van der Waals surface area contributed by atoms with Crippen LogP contribution in [0.25, 0.3) is 11.3 Å². The molecule has 0 saturated carbocycles. The summed E-state index contributed by atoms with van der Waals surface area (Å²) in [7, 11) is 1.38. The van der Waals surface area contributed by atoms with Gasteiger partial charge < -0.3 is 10.5 Å². The van der Waals surface area contributed by atoms with Gasteiger partial charge in [-0.25, -0.2) is 14.4 Å². The van der Waals surface area contributed by atoms with Crippen molar-refractivity contribution in [3.05, 3.63) is 42.1 Å². The van der Waals surface area contributed by atoms with Gasteiger partial charge in [0.05, 0.1) is 12.8 Å². The number of carbonyl (C=O) groups is 1. The normalized spacial score (nSPS) is 10.1. The van der Waals surface area contributed by atoms with Crippen LogP contribution < -0.4 is 10.5 Å². The molecule has 0 radical (unpaired) electrons. The fourth-order valence-electron chi connectivity index (χ4n) is 1.46. The SMILES string of the molecule is COc1ccc(-c2ccnc(C(N)=O)n2)cc1F. The minimum absolute atomic E-state index is 0.108. The Bertz CT molecular complexity index is 602. The molecule has 0 aliphatic rings. The second-order valence-corrected chi connectivity index (χ2v) is 3.48. The Morgan fingerprint density at radius 2 is 2.17 bits per heavy atom. The fraction of sp³-hybridized carbons (Fsp3) is 0.0833. The summed E-state index contributed by atoms with van der Waals surface area (Å²) in [5, 5.41) is 0. The van der Waals surface area contributed by atoms with E-state index in [4.69, 9.17) is 10.5 Å². The van der Waals surface area contributed by atoms with E-state index >= 15 is 0 Å². The van der Waals surface area contributed by atoms with Crippen LogP contribution in [0.1, 0.15) is 10.6 Å². The van der Waals surface area contributed by atoms with E-state index in [2.05, 4.69) is 9.97 Å². The molecule has 0 spiro atoms.